The summed E-state index contributed by atoms with van der Waals surface area (Å²) in [7, 11) is 1.62. The molecule has 3 aromatic rings. The van der Waals surface area contributed by atoms with Crippen LogP contribution in [0.15, 0.2) is 36.4 Å². The first-order valence-electron chi connectivity index (χ1n) is 7.57. The largest absolute Gasteiger partial charge is 0.497 e. The van der Waals surface area contributed by atoms with Crippen molar-refractivity contribution in [2.45, 2.75) is 20.4 Å². The lowest BCUT2D eigenvalue weighted by molar-refractivity contribution is 0.0996. The van der Waals surface area contributed by atoms with Gasteiger partial charge in [-0.15, -0.1) is 11.3 Å². The molecular weight excluding hydrogens is 306 g/mol. The Hall–Kier alpha value is -2.33. The Morgan fingerprint density at radius 2 is 1.96 bits per heavy atom. The lowest BCUT2D eigenvalue weighted by Gasteiger charge is -2.16. The summed E-state index contributed by atoms with van der Waals surface area (Å²) in [6, 6.07) is 12.0. The first-order valence-corrected chi connectivity index (χ1v) is 8.38. The Bertz CT molecular complexity index is 942. The van der Waals surface area contributed by atoms with Gasteiger partial charge in [0.25, 0.3) is 5.91 Å². The summed E-state index contributed by atoms with van der Waals surface area (Å²) in [4.78, 5) is 15.9. The average molecular weight is 323 g/mol. The Balaban J connectivity index is 1.77. The Morgan fingerprint density at radius 1 is 1.13 bits per heavy atom. The third kappa shape index (κ3) is 2.13. The van der Waals surface area contributed by atoms with Gasteiger partial charge in [-0.25, -0.2) is 0 Å². The number of thiophene rings is 1. The van der Waals surface area contributed by atoms with Crippen LogP contribution >= 0.6 is 11.3 Å². The number of aryl methyl sites for hydroxylation is 2. The number of hydrogen-bond donors (Lipinski definition) is 0. The molecule has 0 N–H and O–H groups in total. The van der Waals surface area contributed by atoms with Crippen LogP contribution in [0.4, 0.5) is 5.69 Å². The molecule has 2 heterocycles. The zero-order chi connectivity index (χ0) is 16.1. The number of carbonyl (C=O) groups is 1. The fourth-order valence-corrected chi connectivity index (χ4v) is 4.17. The zero-order valence-electron chi connectivity index (χ0n) is 13.3. The molecule has 0 aliphatic carbocycles. The van der Waals surface area contributed by atoms with Crippen LogP contribution in [0.5, 0.6) is 5.75 Å². The van der Waals surface area contributed by atoms with Crippen LogP contribution in [0.1, 0.15) is 26.4 Å². The van der Waals surface area contributed by atoms with Gasteiger partial charge in [0.1, 0.15) is 5.75 Å². The average Bonchev–Trinajstić information content (AvgIpc) is 3.04. The van der Waals surface area contributed by atoms with E-state index in [4.69, 9.17) is 4.74 Å². The van der Waals surface area contributed by atoms with E-state index >= 15 is 0 Å². The summed E-state index contributed by atoms with van der Waals surface area (Å²) < 4.78 is 6.51. The standard InChI is InChI=1S/C19H17NO2S/c1-11-12(2)23-18-7-5-14(8-16(11)18)20-10-13-4-6-15(22-3)9-17(13)19(20)21/h4-9H,10H2,1-3H3. The second-order valence-electron chi connectivity index (χ2n) is 5.88. The minimum Gasteiger partial charge on any atom is -0.497 e. The fraction of sp³-hybridized carbons (Fsp3) is 0.211. The van der Waals surface area contributed by atoms with E-state index in [2.05, 4.69) is 26.0 Å². The van der Waals surface area contributed by atoms with Crippen molar-refractivity contribution < 1.29 is 9.53 Å². The first kappa shape index (κ1) is 14.3. The minimum absolute atomic E-state index is 0.0443. The highest BCUT2D eigenvalue weighted by Gasteiger charge is 2.29. The number of amides is 1. The van der Waals surface area contributed by atoms with Crippen molar-refractivity contribution in [3.8, 4) is 5.75 Å². The van der Waals surface area contributed by atoms with E-state index in [-0.39, 0.29) is 5.91 Å². The van der Waals surface area contributed by atoms with Crippen molar-refractivity contribution in [2.24, 2.45) is 0 Å². The van der Waals surface area contributed by atoms with Crippen LogP contribution in [0.25, 0.3) is 10.1 Å². The fourth-order valence-electron chi connectivity index (χ4n) is 3.11. The molecule has 0 bridgehead atoms. The monoisotopic (exact) mass is 323 g/mol. The summed E-state index contributed by atoms with van der Waals surface area (Å²) in [5.74, 6) is 0.765. The van der Waals surface area contributed by atoms with Crippen molar-refractivity contribution in [1.29, 1.82) is 0 Å². The van der Waals surface area contributed by atoms with Gasteiger partial charge in [-0.3, -0.25) is 4.79 Å². The molecule has 23 heavy (non-hydrogen) atoms. The van der Waals surface area contributed by atoms with Gasteiger partial charge in [-0.2, -0.15) is 0 Å². The second-order valence-corrected chi connectivity index (χ2v) is 7.13. The number of anilines is 1. The summed E-state index contributed by atoms with van der Waals surface area (Å²) >= 11 is 1.80. The molecule has 3 nitrogen and oxygen atoms in total. The second kappa shape index (κ2) is 5.10. The van der Waals surface area contributed by atoms with E-state index in [1.807, 2.05) is 29.2 Å². The zero-order valence-corrected chi connectivity index (χ0v) is 14.2. The summed E-state index contributed by atoms with van der Waals surface area (Å²) in [6.45, 7) is 4.90. The molecule has 1 amide bonds. The summed E-state index contributed by atoms with van der Waals surface area (Å²) in [5.41, 5.74) is 4.05. The number of ether oxygens (including phenoxy) is 1. The minimum atomic E-state index is 0.0443. The lowest BCUT2D eigenvalue weighted by Crippen LogP contribution is -2.22. The van der Waals surface area contributed by atoms with E-state index in [1.54, 1.807) is 18.4 Å². The maximum Gasteiger partial charge on any atom is 0.259 e. The van der Waals surface area contributed by atoms with Crippen LogP contribution in [0.3, 0.4) is 0 Å². The van der Waals surface area contributed by atoms with Crippen LogP contribution in [-0.4, -0.2) is 13.0 Å². The van der Waals surface area contributed by atoms with E-state index in [0.29, 0.717) is 6.54 Å². The Kier molecular flexibility index (Phi) is 3.16. The number of benzene rings is 2. The molecule has 4 heteroatoms. The van der Waals surface area contributed by atoms with E-state index in [9.17, 15) is 4.79 Å². The van der Waals surface area contributed by atoms with Crippen molar-refractivity contribution in [1.82, 2.24) is 0 Å². The van der Waals surface area contributed by atoms with Gasteiger partial charge in [0, 0.05) is 20.8 Å². The van der Waals surface area contributed by atoms with Gasteiger partial charge >= 0.3 is 0 Å². The smallest absolute Gasteiger partial charge is 0.259 e. The molecule has 0 fully saturated rings. The molecule has 1 aliphatic rings. The lowest BCUT2D eigenvalue weighted by atomic mass is 10.1. The molecule has 0 atom stereocenters. The molecule has 116 valence electrons. The van der Waals surface area contributed by atoms with Gasteiger partial charge in [0.15, 0.2) is 0 Å². The van der Waals surface area contributed by atoms with Crippen molar-refractivity contribution in [3.63, 3.8) is 0 Å². The number of methoxy groups -OCH3 is 1. The van der Waals surface area contributed by atoms with Gasteiger partial charge in [0.05, 0.1) is 13.7 Å². The molecule has 0 radical (unpaired) electrons. The molecule has 0 saturated heterocycles. The predicted octanol–water partition coefficient (Wildman–Crippen LogP) is 4.69. The molecule has 0 unspecified atom stereocenters. The number of rotatable bonds is 2. The highest BCUT2D eigenvalue weighted by Crippen LogP contribution is 2.36. The normalized spacial score (nSPS) is 13.7. The quantitative estimate of drug-likeness (QED) is 0.685. The van der Waals surface area contributed by atoms with Gasteiger partial charge in [-0.05, 0) is 60.7 Å². The van der Waals surface area contributed by atoms with Gasteiger partial charge < -0.3 is 9.64 Å². The van der Waals surface area contributed by atoms with Crippen molar-refractivity contribution >= 4 is 33.0 Å². The van der Waals surface area contributed by atoms with Crippen LogP contribution < -0.4 is 9.64 Å². The van der Waals surface area contributed by atoms with Crippen molar-refractivity contribution in [2.75, 3.05) is 12.0 Å². The molecule has 0 saturated carbocycles. The third-order valence-electron chi connectivity index (χ3n) is 4.59. The molecule has 0 spiro atoms. The SMILES string of the molecule is COc1ccc2c(c1)C(=O)N(c1ccc3sc(C)c(C)c3c1)C2. The van der Waals surface area contributed by atoms with Gasteiger partial charge in [-0.1, -0.05) is 6.07 Å². The molecule has 1 aliphatic heterocycles. The maximum atomic E-state index is 12.8. The highest BCUT2D eigenvalue weighted by molar-refractivity contribution is 7.19. The van der Waals surface area contributed by atoms with Crippen LogP contribution in [0.2, 0.25) is 0 Å². The third-order valence-corrected chi connectivity index (χ3v) is 5.78. The Morgan fingerprint density at radius 3 is 2.74 bits per heavy atom. The topological polar surface area (TPSA) is 29.5 Å². The maximum absolute atomic E-state index is 12.8. The number of hydrogen-bond acceptors (Lipinski definition) is 3. The van der Waals surface area contributed by atoms with Crippen molar-refractivity contribution in [3.05, 3.63) is 58.0 Å². The molecule has 4 rings (SSSR count). The molecular formula is C19H17NO2S. The highest BCUT2D eigenvalue weighted by atomic mass is 32.1. The number of nitrogens with zero attached hydrogens (tertiary/aromatic N) is 1. The molecule has 2 aromatic carbocycles. The summed E-state index contributed by atoms with van der Waals surface area (Å²) in [6.07, 6.45) is 0. The Labute approximate surface area is 139 Å². The van der Waals surface area contributed by atoms with E-state index in [1.165, 1.54) is 20.5 Å². The van der Waals surface area contributed by atoms with Crippen LogP contribution in [-0.2, 0) is 6.54 Å². The van der Waals surface area contributed by atoms with Gasteiger partial charge in [0.2, 0.25) is 0 Å². The first-order chi connectivity index (χ1) is 11.1. The molecule has 1 aromatic heterocycles. The van der Waals surface area contributed by atoms with Crippen LogP contribution in [0, 0.1) is 13.8 Å². The predicted molar refractivity (Wildman–Crippen MR) is 94.8 cm³/mol. The summed E-state index contributed by atoms with van der Waals surface area (Å²) in [5, 5.41) is 1.24. The van der Waals surface area contributed by atoms with E-state index < -0.39 is 0 Å². The number of carbonyl (C=O) groups excluding carboxylic acids is 1. The number of fused-ring (bicyclic) bond motifs is 2. The van der Waals surface area contributed by atoms with E-state index in [0.717, 1.165) is 22.6 Å².